The summed E-state index contributed by atoms with van der Waals surface area (Å²) in [6.07, 6.45) is 3.99. The largest absolute Gasteiger partial charge is 0.367 e. The van der Waals surface area contributed by atoms with Crippen molar-refractivity contribution in [2.45, 2.75) is 44.4 Å². The molecule has 0 aromatic heterocycles. The molecule has 2 N–H and O–H groups in total. The Labute approximate surface area is 148 Å². The molecule has 6 nitrogen and oxygen atoms in total. The standard InChI is InChI=1S/C19H27N3O3/c23-18(20-16-6-7-16)12-22-10-8-17(9-11-22)21-19(24)14-25-13-15-4-2-1-3-5-15/h1-5,16-17H,6-14H2,(H,20,23)(H,21,24). The number of hydrogen-bond acceptors (Lipinski definition) is 4. The zero-order valence-corrected chi connectivity index (χ0v) is 14.6. The van der Waals surface area contributed by atoms with Gasteiger partial charge in [0.25, 0.3) is 0 Å². The zero-order chi connectivity index (χ0) is 17.5. The summed E-state index contributed by atoms with van der Waals surface area (Å²) in [5, 5.41) is 6.04. The van der Waals surface area contributed by atoms with E-state index in [0.717, 1.165) is 44.3 Å². The number of nitrogens with zero attached hydrogens (tertiary/aromatic N) is 1. The van der Waals surface area contributed by atoms with Crippen LogP contribution in [0, 0.1) is 0 Å². The van der Waals surface area contributed by atoms with Crippen LogP contribution in [0.25, 0.3) is 0 Å². The van der Waals surface area contributed by atoms with Crippen LogP contribution in [-0.2, 0) is 20.9 Å². The van der Waals surface area contributed by atoms with E-state index >= 15 is 0 Å². The zero-order valence-electron chi connectivity index (χ0n) is 14.6. The van der Waals surface area contributed by atoms with Gasteiger partial charge in [0.1, 0.15) is 6.61 Å². The van der Waals surface area contributed by atoms with Crippen molar-refractivity contribution in [3.63, 3.8) is 0 Å². The molecule has 1 aromatic carbocycles. The number of piperidine rings is 1. The van der Waals surface area contributed by atoms with Gasteiger partial charge in [-0.2, -0.15) is 0 Å². The summed E-state index contributed by atoms with van der Waals surface area (Å²) in [6, 6.07) is 10.4. The molecule has 0 unspecified atom stereocenters. The molecular formula is C19H27N3O3. The molecule has 1 heterocycles. The lowest BCUT2D eigenvalue weighted by Crippen LogP contribution is -2.48. The van der Waals surface area contributed by atoms with Crippen LogP contribution in [0.15, 0.2) is 30.3 Å². The van der Waals surface area contributed by atoms with Gasteiger partial charge in [-0.3, -0.25) is 14.5 Å². The number of hydrogen-bond donors (Lipinski definition) is 2. The minimum absolute atomic E-state index is 0.0687. The van der Waals surface area contributed by atoms with E-state index in [1.165, 1.54) is 0 Å². The van der Waals surface area contributed by atoms with E-state index in [9.17, 15) is 9.59 Å². The molecule has 1 aromatic rings. The first-order chi connectivity index (χ1) is 12.2. The highest BCUT2D eigenvalue weighted by atomic mass is 16.5. The average molecular weight is 345 g/mol. The van der Waals surface area contributed by atoms with Gasteiger partial charge >= 0.3 is 0 Å². The lowest BCUT2D eigenvalue weighted by molar-refractivity contribution is -0.127. The SMILES string of the molecule is O=C(COCc1ccccc1)NC1CCN(CC(=O)NC2CC2)CC1. The molecule has 0 radical (unpaired) electrons. The van der Waals surface area contributed by atoms with Crippen molar-refractivity contribution in [2.75, 3.05) is 26.2 Å². The van der Waals surface area contributed by atoms with Gasteiger partial charge < -0.3 is 15.4 Å². The highest BCUT2D eigenvalue weighted by molar-refractivity contribution is 5.78. The summed E-state index contributed by atoms with van der Waals surface area (Å²) in [6.45, 7) is 2.68. The van der Waals surface area contributed by atoms with Crippen LogP contribution in [-0.4, -0.2) is 55.0 Å². The molecule has 0 spiro atoms. The van der Waals surface area contributed by atoms with Gasteiger partial charge in [0.05, 0.1) is 13.2 Å². The Hall–Kier alpha value is -1.92. The van der Waals surface area contributed by atoms with Crippen molar-refractivity contribution in [3.8, 4) is 0 Å². The molecule has 6 heteroatoms. The summed E-state index contributed by atoms with van der Waals surface area (Å²) in [7, 11) is 0. The topological polar surface area (TPSA) is 70.7 Å². The van der Waals surface area contributed by atoms with Crippen LogP contribution in [0.3, 0.4) is 0 Å². The smallest absolute Gasteiger partial charge is 0.246 e. The molecule has 25 heavy (non-hydrogen) atoms. The number of rotatable bonds is 8. The van der Waals surface area contributed by atoms with Gasteiger partial charge in [-0.25, -0.2) is 0 Å². The second-order valence-electron chi connectivity index (χ2n) is 6.94. The fourth-order valence-electron chi connectivity index (χ4n) is 3.04. The van der Waals surface area contributed by atoms with E-state index in [4.69, 9.17) is 4.74 Å². The highest BCUT2D eigenvalue weighted by Crippen LogP contribution is 2.18. The Morgan fingerprint density at radius 1 is 0.960 bits per heavy atom. The van der Waals surface area contributed by atoms with Crippen molar-refractivity contribution >= 4 is 11.8 Å². The number of carbonyl (C=O) groups excluding carboxylic acids is 2. The molecule has 1 aliphatic carbocycles. The maximum Gasteiger partial charge on any atom is 0.246 e. The van der Waals surface area contributed by atoms with Crippen LogP contribution in [0.2, 0.25) is 0 Å². The molecule has 0 atom stereocenters. The number of ether oxygens (including phenoxy) is 1. The molecule has 1 saturated heterocycles. The second-order valence-corrected chi connectivity index (χ2v) is 6.94. The minimum atomic E-state index is -0.0687. The third-order valence-electron chi connectivity index (χ3n) is 4.61. The maximum absolute atomic E-state index is 12.0. The number of nitrogens with one attached hydrogen (secondary N) is 2. The quantitative estimate of drug-likeness (QED) is 0.739. The lowest BCUT2D eigenvalue weighted by Gasteiger charge is -2.31. The summed E-state index contributed by atoms with van der Waals surface area (Å²) in [5.74, 6) is 0.0557. The Kier molecular flexibility index (Phi) is 6.42. The molecule has 1 aliphatic heterocycles. The van der Waals surface area contributed by atoms with Gasteiger partial charge in [0.15, 0.2) is 0 Å². The van der Waals surface area contributed by atoms with Crippen molar-refractivity contribution in [2.24, 2.45) is 0 Å². The van der Waals surface area contributed by atoms with E-state index in [2.05, 4.69) is 15.5 Å². The van der Waals surface area contributed by atoms with Crippen LogP contribution in [0.4, 0.5) is 0 Å². The predicted molar refractivity (Wildman–Crippen MR) is 94.9 cm³/mol. The first-order valence-corrected chi connectivity index (χ1v) is 9.12. The van der Waals surface area contributed by atoms with E-state index in [1.807, 2.05) is 30.3 Å². The van der Waals surface area contributed by atoms with Crippen LogP contribution >= 0.6 is 0 Å². The van der Waals surface area contributed by atoms with E-state index in [-0.39, 0.29) is 24.5 Å². The van der Waals surface area contributed by atoms with Crippen LogP contribution in [0.5, 0.6) is 0 Å². The Bertz CT molecular complexity index is 567. The molecule has 2 fully saturated rings. The third kappa shape index (κ3) is 6.48. The fourth-order valence-corrected chi connectivity index (χ4v) is 3.04. The Morgan fingerprint density at radius 2 is 1.60 bits per heavy atom. The summed E-state index contributed by atoms with van der Waals surface area (Å²) < 4.78 is 5.46. The van der Waals surface area contributed by atoms with Gasteiger partial charge in [-0.1, -0.05) is 30.3 Å². The number of benzene rings is 1. The summed E-state index contributed by atoms with van der Waals surface area (Å²) in [4.78, 5) is 26.0. The molecular weight excluding hydrogens is 318 g/mol. The third-order valence-corrected chi connectivity index (χ3v) is 4.61. The highest BCUT2D eigenvalue weighted by Gasteiger charge is 2.26. The molecule has 136 valence electrons. The minimum Gasteiger partial charge on any atom is -0.367 e. The van der Waals surface area contributed by atoms with E-state index < -0.39 is 0 Å². The summed E-state index contributed by atoms with van der Waals surface area (Å²) >= 11 is 0. The van der Waals surface area contributed by atoms with Crippen molar-refractivity contribution < 1.29 is 14.3 Å². The lowest BCUT2D eigenvalue weighted by atomic mass is 10.1. The molecule has 0 bridgehead atoms. The van der Waals surface area contributed by atoms with Crippen LogP contribution < -0.4 is 10.6 Å². The van der Waals surface area contributed by atoms with E-state index in [0.29, 0.717) is 19.2 Å². The Balaban J connectivity index is 1.27. The first-order valence-electron chi connectivity index (χ1n) is 9.12. The molecule has 2 amide bonds. The fraction of sp³-hybridized carbons (Fsp3) is 0.579. The second kappa shape index (κ2) is 8.97. The number of likely N-dealkylation sites (tertiary alicyclic amines) is 1. The van der Waals surface area contributed by atoms with Crippen molar-refractivity contribution in [1.82, 2.24) is 15.5 Å². The monoisotopic (exact) mass is 345 g/mol. The molecule has 1 saturated carbocycles. The number of carbonyl (C=O) groups is 2. The van der Waals surface area contributed by atoms with E-state index in [1.54, 1.807) is 0 Å². The number of amides is 2. The predicted octanol–water partition coefficient (Wildman–Crippen LogP) is 1.06. The van der Waals surface area contributed by atoms with Crippen molar-refractivity contribution in [1.29, 1.82) is 0 Å². The average Bonchev–Trinajstić information content (AvgIpc) is 3.41. The van der Waals surface area contributed by atoms with Gasteiger partial charge in [0.2, 0.25) is 11.8 Å². The molecule has 2 aliphatic rings. The first kappa shape index (κ1) is 17.9. The summed E-state index contributed by atoms with van der Waals surface area (Å²) in [5.41, 5.74) is 1.06. The van der Waals surface area contributed by atoms with Crippen LogP contribution in [0.1, 0.15) is 31.2 Å². The normalized spacial score (nSPS) is 18.7. The van der Waals surface area contributed by atoms with Gasteiger partial charge in [-0.15, -0.1) is 0 Å². The maximum atomic E-state index is 12.0. The van der Waals surface area contributed by atoms with Crippen molar-refractivity contribution in [3.05, 3.63) is 35.9 Å². The molecule has 3 rings (SSSR count). The van der Waals surface area contributed by atoms with Gasteiger partial charge in [0, 0.05) is 25.2 Å². The Morgan fingerprint density at radius 3 is 2.28 bits per heavy atom. The van der Waals surface area contributed by atoms with Gasteiger partial charge in [-0.05, 0) is 31.2 Å².